The molecule has 0 fully saturated rings. The third kappa shape index (κ3) is 4.28. The number of aromatic amines is 1. The maximum Gasteiger partial charge on any atom is 0.171 e. The fraction of sp³-hybridized carbons (Fsp3) is 0.190. The Bertz CT molecular complexity index is 1050. The van der Waals surface area contributed by atoms with Gasteiger partial charge in [0.05, 0.1) is 29.5 Å². The van der Waals surface area contributed by atoms with Gasteiger partial charge in [0, 0.05) is 6.42 Å². The molecule has 0 atom stereocenters. The smallest absolute Gasteiger partial charge is 0.171 e. The highest BCUT2D eigenvalue weighted by Gasteiger charge is 2.16. The number of hydrogen-bond acceptors (Lipinski definition) is 5. The molecule has 140 valence electrons. The van der Waals surface area contributed by atoms with Crippen LogP contribution in [0.25, 0.3) is 0 Å². The van der Waals surface area contributed by atoms with E-state index < -0.39 is 5.82 Å². The van der Waals surface area contributed by atoms with Crippen LogP contribution < -0.4 is 9.47 Å². The fourth-order valence-corrected chi connectivity index (χ4v) is 2.63. The SMILES string of the molecule is CCc1n[nH]c(CCOc2ccc(C#N)cc2)c1Oc1ccc(F)cc1C#N. The van der Waals surface area contributed by atoms with Gasteiger partial charge in [-0.3, -0.25) is 5.10 Å². The highest BCUT2D eigenvalue weighted by molar-refractivity contribution is 5.47. The van der Waals surface area contributed by atoms with E-state index in [4.69, 9.17) is 14.7 Å². The van der Waals surface area contributed by atoms with Gasteiger partial charge in [-0.05, 0) is 48.9 Å². The average molecular weight is 376 g/mol. The lowest BCUT2D eigenvalue weighted by Crippen LogP contribution is -2.03. The Labute approximate surface area is 161 Å². The molecule has 2 aromatic carbocycles. The molecule has 7 heteroatoms. The van der Waals surface area contributed by atoms with Crippen LogP contribution in [-0.2, 0) is 12.8 Å². The summed E-state index contributed by atoms with van der Waals surface area (Å²) in [6, 6.07) is 14.6. The molecule has 0 aliphatic rings. The van der Waals surface area contributed by atoms with Gasteiger partial charge in [-0.15, -0.1) is 0 Å². The summed E-state index contributed by atoms with van der Waals surface area (Å²) in [4.78, 5) is 0. The van der Waals surface area contributed by atoms with Gasteiger partial charge in [-0.25, -0.2) is 4.39 Å². The quantitative estimate of drug-likeness (QED) is 0.664. The zero-order valence-corrected chi connectivity index (χ0v) is 15.2. The lowest BCUT2D eigenvalue weighted by molar-refractivity contribution is 0.318. The number of aromatic nitrogens is 2. The summed E-state index contributed by atoms with van der Waals surface area (Å²) < 4.78 is 25.0. The number of nitrogens with one attached hydrogen (secondary N) is 1. The van der Waals surface area contributed by atoms with E-state index in [-0.39, 0.29) is 11.3 Å². The molecular weight excluding hydrogens is 359 g/mol. The van der Waals surface area contributed by atoms with Crippen LogP contribution in [0.3, 0.4) is 0 Å². The molecule has 6 nitrogen and oxygen atoms in total. The predicted octanol–water partition coefficient (Wildman–Crippen LogP) is 4.27. The Hall–Kier alpha value is -3.84. The highest BCUT2D eigenvalue weighted by Crippen LogP contribution is 2.31. The molecule has 0 radical (unpaired) electrons. The van der Waals surface area contributed by atoms with Crippen LogP contribution in [-0.4, -0.2) is 16.8 Å². The van der Waals surface area contributed by atoms with Crippen LogP contribution >= 0.6 is 0 Å². The van der Waals surface area contributed by atoms with E-state index in [1.54, 1.807) is 24.3 Å². The molecule has 0 saturated heterocycles. The second kappa shape index (κ2) is 8.70. The van der Waals surface area contributed by atoms with Crippen molar-refractivity contribution in [2.24, 2.45) is 0 Å². The van der Waals surface area contributed by atoms with Gasteiger partial charge in [0.25, 0.3) is 0 Å². The Balaban J connectivity index is 1.73. The summed E-state index contributed by atoms with van der Waals surface area (Å²) in [6.07, 6.45) is 1.12. The van der Waals surface area contributed by atoms with Crippen LogP contribution in [0.5, 0.6) is 17.2 Å². The van der Waals surface area contributed by atoms with Crippen LogP contribution in [0.15, 0.2) is 42.5 Å². The van der Waals surface area contributed by atoms with E-state index in [2.05, 4.69) is 16.3 Å². The molecule has 3 rings (SSSR count). The van der Waals surface area contributed by atoms with Crippen molar-refractivity contribution in [3.05, 3.63) is 70.8 Å². The molecule has 0 amide bonds. The molecule has 0 aliphatic carbocycles. The number of nitrogens with zero attached hydrogens (tertiary/aromatic N) is 3. The van der Waals surface area contributed by atoms with E-state index in [9.17, 15) is 9.65 Å². The lowest BCUT2D eigenvalue weighted by atomic mass is 10.2. The first-order valence-electron chi connectivity index (χ1n) is 8.71. The van der Waals surface area contributed by atoms with Gasteiger partial charge < -0.3 is 9.47 Å². The summed E-state index contributed by atoms with van der Waals surface area (Å²) in [5, 5.41) is 25.2. The number of H-pyrrole nitrogens is 1. The van der Waals surface area contributed by atoms with Crippen molar-refractivity contribution < 1.29 is 13.9 Å². The third-order valence-corrected chi connectivity index (χ3v) is 4.08. The van der Waals surface area contributed by atoms with Crippen molar-refractivity contribution in [1.82, 2.24) is 10.2 Å². The molecule has 28 heavy (non-hydrogen) atoms. The number of ether oxygens (including phenoxy) is 2. The molecule has 0 aliphatic heterocycles. The second-order valence-corrected chi connectivity index (χ2v) is 5.92. The predicted molar refractivity (Wildman–Crippen MR) is 99.5 cm³/mol. The van der Waals surface area contributed by atoms with Gasteiger partial charge >= 0.3 is 0 Å². The summed E-state index contributed by atoms with van der Waals surface area (Å²) in [6.45, 7) is 2.30. The van der Waals surface area contributed by atoms with Gasteiger partial charge in [-0.1, -0.05) is 6.92 Å². The summed E-state index contributed by atoms with van der Waals surface area (Å²) in [5.41, 5.74) is 2.11. The molecule has 3 aromatic rings. The van der Waals surface area contributed by atoms with Crippen LogP contribution in [0.1, 0.15) is 29.4 Å². The van der Waals surface area contributed by atoms with Crippen molar-refractivity contribution in [1.29, 1.82) is 10.5 Å². The highest BCUT2D eigenvalue weighted by atomic mass is 19.1. The minimum Gasteiger partial charge on any atom is -0.493 e. The van der Waals surface area contributed by atoms with E-state index in [1.807, 2.05) is 13.0 Å². The average Bonchev–Trinajstić information content (AvgIpc) is 3.11. The number of benzene rings is 2. The summed E-state index contributed by atoms with van der Waals surface area (Å²) >= 11 is 0. The Morgan fingerprint density at radius 1 is 1.11 bits per heavy atom. The van der Waals surface area contributed by atoms with Crippen molar-refractivity contribution in [3.8, 4) is 29.4 Å². The second-order valence-electron chi connectivity index (χ2n) is 5.92. The topological polar surface area (TPSA) is 94.7 Å². The maximum absolute atomic E-state index is 13.4. The number of halogens is 1. The van der Waals surface area contributed by atoms with Crippen LogP contribution in [0, 0.1) is 28.5 Å². The number of aryl methyl sites for hydroxylation is 1. The molecular formula is C21H17FN4O2. The van der Waals surface area contributed by atoms with Crippen LogP contribution in [0.4, 0.5) is 4.39 Å². The summed E-state index contributed by atoms with van der Waals surface area (Å²) in [7, 11) is 0. The molecule has 1 heterocycles. The lowest BCUT2D eigenvalue weighted by Gasteiger charge is -2.10. The first-order chi connectivity index (χ1) is 13.6. The fourth-order valence-electron chi connectivity index (χ4n) is 2.63. The van der Waals surface area contributed by atoms with E-state index >= 15 is 0 Å². The van der Waals surface area contributed by atoms with Crippen molar-refractivity contribution in [2.45, 2.75) is 19.8 Å². The van der Waals surface area contributed by atoms with E-state index in [0.717, 1.165) is 11.8 Å². The van der Waals surface area contributed by atoms with Crippen molar-refractivity contribution in [3.63, 3.8) is 0 Å². The number of rotatable bonds is 7. The molecule has 0 bridgehead atoms. The molecule has 0 spiro atoms. The third-order valence-electron chi connectivity index (χ3n) is 4.08. The van der Waals surface area contributed by atoms with Gasteiger partial charge in [0.15, 0.2) is 5.75 Å². The van der Waals surface area contributed by atoms with E-state index in [1.165, 1.54) is 12.1 Å². The van der Waals surface area contributed by atoms with Gasteiger partial charge in [0.1, 0.15) is 29.1 Å². The monoisotopic (exact) mass is 376 g/mol. The molecule has 0 unspecified atom stereocenters. The molecule has 1 N–H and O–H groups in total. The minimum absolute atomic E-state index is 0.114. The summed E-state index contributed by atoms with van der Waals surface area (Å²) in [5.74, 6) is 0.952. The first-order valence-corrected chi connectivity index (χ1v) is 8.71. The van der Waals surface area contributed by atoms with Crippen molar-refractivity contribution in [2.75, 3.05) is 6.61 Å². The van der Waals surface area contributed by atoms with Crippen LogP contribution in [0.2, 0.25) is 0 Å². The normalized spacial score (nSPS) is 10.1. The zero-order chi connectivity index (χ0) is 19.9. The Morgan fingerprint density at radius 3 is 2.57 bits per heavy atom. The van der Waals surface area contributed by atoms with Gasteiger partial charge in [-0.2, -0.15) is 15.6 Å². The minimum atomic E-state index is -0.497. The van der Waals surface area contributed by atoms with Crippen molar-refractivity contribution >= 4 is 0 Å². The number of nitriles is 2. The Morgan fingerprint density at radius 2 is 1.89 bits per heavy atom. The number of hydrogen-bond donors (Lipinski definition) is 1. The Kier molecular flexibility index (Phi) is 5.88. The maximum atomic E-state index is 13.4. The standard InChI is InChI=1S/C21H17FN4O2/c1-2-18-21(28-20-8-5-16(22)11-15(20)13-24)19(26-25-18)9-10-27-17-6-3-14(12-23)4-7-17/h3-8,11H,2,9-10H2,1H3,(H,25,26). The molecule has 1 aromatic heterocycles. The zero-order valence-electron chi connectivity index (χ0n) is 15.2. The first kappa shape index (κ1) is 18.9. The van der Waals surface area contributed by atoms with Gasteiger partial charge in [0.2, 0.25) is 0 Å². The van der Waals surface area contributed by atoms with E-state index in [0.29, 0.717) is 42.2 Å². The molecule has 0 saturated carbocycles. The largest absolute Gasteiger partial charge is 0.493 e.